The molecule has 3 N–H and O–H groups in total. The highest BCUT2D eigenvalue weighted by molar-refractivity contribution is 6.00. The Morgan fingerprint density at radius 2 is 1.85 bits per heavy atom. The molecule has 0 saturated carbocycles. The zero-order chi connectivity index (χ0) is 34.8. The standard InChI is InChI=1S/C36H49N5O7/c1-23-20-41(24(2)22-42)35(44)30-19-29(37-33(43)18-28-13-8-7-9-14-28)15-16-31(30)47-25(3)12-10-11-17-46-32(23)21-40(6)36(45)38-34-26(4)39-48-27(34)5/h7-9,13-16,19,23-25,32,42H,10-12,17-18,20-22H2,1-6H3,(H,37,43)(H,38,45)/t23-,24-,25-,32-/m1/s1. The Morgan fingerprint density at radius 3 is 2.54 bits per heavy atom. The quantitative estimate of drug-likeness (QED) is 0.289. The molecule has 4 atom stereocenters. The zero-order valence-electron chi connectivity index (χ0n) is 28.8. The van der Waals surface area contributed by atoms with Gasteiger partial charge in [-0.25, -0.2) is 4.79 Å². The van der Waals surface area contributed by atoms with E-state index >= 15 is 0 Å². The van der Waals surface area contributed by atoms with E-state index in [4.69, 9.17) is 14.0 Å². The van der Waals surface area contributed by atoms with Gasteiger partial charge in [0, 0.05) is 38.3 Å². The first-order chi connectivity index (χ1) is 23.0. The average Bonchev–Trinajstić information content (AvgIpc) is 3.38. The maximum Gasteiger partial charge on any atom is 0.321 e. The Labute approximate surface area is 282 Å². The van der Waals surface area contributed by atoms with Gasteiger partial charge in [-0.3, -0.25) is 9.59 Å². The molecule has 0 bridgehead atoms. The number of carbonyl (C=O) groups excluding carboxylic acids is 3. The maximum absolute atomic E-state index is 14.4. The van der Waals surface area contributed by atoms with Crippen molar-refractivity contribution in [3.05, 3.63) is 71.1 Å². The van der Waals surface area contributed by atoms with Gasteiger partial charge in [0.1, 0.15) is 17.1 Å². The van der Waals surface area contributed by atoms with E-state index in [0.717, 1.165) is 24.8 Å². The first-order valence-corrected chi connectivity index (χ1v) is 16.6. The molecule has 12 heteroatoms. The smallest absolute Gasteiger partial charge is 0.321 e. The monoisotopic (exact) mass is 663 g/mol. The predicted octanol–water partition coefficient (Wildman–Crippen LogP) is 5.43. The van der Waals surface area contributed by atoms with E-state index in [0.29, 0.717) is 35.2 Å². The van der Waals surface area contributed by atoms with Gasteiger partial charge in [-0.05, 0) is 70.7 Å². The molecule has 0 saturated heterocycles. The molecule has 0 aliphatic carbocycles. The molecule has 1 aliphatic rings. The lowest BCUT2D eigenvalue weighted by atomic mass is 10.0. The van der Waals surface area contributed by atoms with Gasteiger partial charge >= 0.3 is 6.03 Å². The van der Waals surface area contributed by atoms with Crippen LogP contribution < -0.4 is 15.4 Å². The fourth-order valence-corrected chi connectivity index (χ4v) is 5.67. The van der Waals surface area contributed by atoms with Gasteiger partial charge in [0.05, 0.1) is 36.8 Å². The Kier molecular flexibility index (Phi) is 13.0. The Bertz CT molecular complexity index is 1510. The van der Waals surface area contributed by atoms with Crippen molar-refractivity contribution >= 4 is 29.2 Å². The average molecular weight is 664 g/mol. The van der Waals surface area contributed by atoms with Crippen LogP contribution in [-0.2, 0) is 16.0 Å². The van der Waals surface area contributed by atoms with Crippen molar-refractivity contribution < 1.29 is 33.5 Å². The summed E-state index contributed by atoms with van der Waals surface area (Å²) in [5.41, 5.74) is 2.75. The third kappa shape index (κ3) is 9.80. The molecular weight excluding hydrogens is 614 g/mol. The summed E-state index contributed by atoms with van der Waals surface area (Å²) in [6.45, 7) is 9.93. The number of benzene rings is 2. The molecule has 0 fully saturated rings. The van der Waals surface area contributed by atoms with Crippen LogP contribution in [0.2, 0.25) is 0 Å². The van der Waals surface area contributed by atoms with E-state index in [9.17, 15) is 19.5 Å². The number of aliphatic hydroxyl groups is 1. The van der Waals surface area contributed by atoms with Gasteiger partial charge in [-0.15, -0.1) is 0 Å². The lowest BCUT2D eigenvalue weighted by molar-refractivity contribution is -0.115. The lowest BCUT2D eigenvalue weighted by Crippen LogP contribution is -2.48. The fraction of sp³-hybridized carbons (Fsp3) is 0.500. The molecule has 12 nitrogen and oxygen atoms in total. The third-order valence-electron chi connectivity index (χ3n) is 8.61. The summed E-state index contributed by atoms with van der Waals surface area (Å²) in [7, 11) is 1.69. The molecule has 1 aromatic heterocycles. The second-order valence-corrected chi connectivity index (χ2v) is 12.7. The molecule has 4 rings (SSSR count). The maximum atomic E-state index is 14.4. The minimum Gasteiger partial charge on any atom is -0.490 e. The van der Waals surface area contributed by atoms with Crippen LogP contribution in [0.3, 0.4) is 0 Å². The summed E-state index contributed by atoms with van der Waals surface area (Å²) in [6.07, 6.45) is 1.97. The minimum absolute atomic E-state index is 0.185. The van der Waals surface area contributed by atoms with Crippen molar-refractivity contribution in [1.29, 1.82) is 0 Å². The van der Waals surface area contributed by atoms with Crippen LogP contribution in [0.4, 0.5) is 16.2 Å². The van der Waals surface area contributed by atoms with Crippen LogP contribution in [0.1, 0.15) is 67.4 Å². The number of aliphatic hydroxyl groups excluding tert-OH is 1. The molecule has 1 aliphatic heterocycles. The molecular formula is C36H49N5O7. The van der Waals surface area contributed by atoms with Crippen molar-refractivity contribution in [1.82, 2.24) is 15.0 Å². The third-order valence-corrected chi connectivity index (χ3v) is 8.61. The molecule has 2 aromatic carbocycles. The van der Waals surface area contributed by atoms with Crippen LogP contribution in [0.5, 0.6) is 5.75 Å². The van der Waals surface area contributed by atoms with Crippen molar-refractivity contribution in [2.75, 3.05) is 44.0 Å². The SMILES string of the molecule is Cc1noc(C)c1NC(=O)N(C)C[C@H]1OCCCC[C@@H](C)Oc2ccc(NC(=O)Cc3ccccc3)cc2C(=O)N([C@H](C)CO)C[C@H]1C. The number of nitrogens with zero attached hydrogens (tertiary/aromatic N) is 3. The van der Waals surface area contributed by atoms with Gasteiger partial charge in [0.15, 0.2) is 5.76 Å². The number of amides is 4. The molecule has 4 amide bonds. The van der Waals surface area contributed by atoms with E-state index < -0.39 is 12.1 Å². The van der Waals surface area contributed by atoms with Crippen molar-refractivity contribution in [3.8, 4) is 5.75 Å². The zero-order valence-corrected chi connectivity index (χ0v) is 28.8. The highest BCUT2D eigenvalue weighted by Gasteiger charge is 2.31. The Balaban J connectivity index is 1.58. The van der Waals surface area contributed by atoms with E-state index in [2.05, 4.69) is 15.8 Å². The van der Waals surface area contributed by atoms with E-state index in [1.807, 2.05) is 44.2 Å². The highest BCUT2D eigenvalue weighted by Crippen LogP contribution is 2.29. The lowest BCUT2D eigenvalue weighted by Gasteiger charge is -2.35. The van der Waals surface area contributed by atoms with Crippen molar-refractivity contribution in [3.63, 3.8) is 0 Å². The van der Waals surface area contributed by atoms with E-state index in [1.165, 1.54) is 0 Å². The summed E-state index contributed by atoms with van der Waals surface area (Å²) in [5.74, 6) is 0.154. The number of likely N-dealkylation sites (N-methyl/N-ethyl adjacent to an activating group) is 1. The number of aromatic nitrogens is 1. The van der Waals surface area contributed by atoms with E-state index in [-0.39, 0.29) is 61.5 Å². The first kappa shape index (κ1) is 36.4. The number of carbonyl (C=O) groups is 3. The topological polar surface area (TPSA) is 146 Å². The summed E-state index contributed by atoms with van der Waals surface area (Å²) >= 11 is 0. The number of nitrogens with one attached hydrogen (secondary N) is 2. The highest BCUT2D eigenvalue weighted by atomic mass is 16.5. The molecule has 48 heavy (non-hydrogen) atoms. The second kappa shape index (κ2) is 17.1. The molecule has 2 heterocycles. The number of hydrogen-bond donors (Lipinski definition) is 3. The number of aryl methyl sites for hydroxylation is 2. The number of hydrogen-bond acceptors (Lipinski definition) is 8. The molecule has 260 valence electrons. The molecule has 0 spiro atoms. The largest absolute Gasteiger partial charge is 0.490 e. The normalized spacial score (nSPS) is 19.8. The fourth-order valence-electron chi connectivity index (χ4n) is 5.67. The van der Waals surface area contributed by atoms with Crippen LogP contribution >= 0.6 is 0 Å². The predicted molar refractivity (Wildman–Crippen MR) is 183 cm³/mol. The van der Waals surface area contributed by atoms with Crippen molar-refractivity contribution in [2.45, 2.75) is 78.6 Å². The van der Waals surface area contributed by atoms with Crippen LogP contribution in [0, 0.1) is 19.8 Å². The first-order valence-electron chi connectivity index (χ1n) is 16.6. The number of urea groups is 1. The number of rotatable bonds is 8. The Morgan fingerprint density at radius 1 is 1.10 bits per heavy atom. The number of anilines is 2. The molecule has 3 aromatic rings. The summed E-state index contributed by atoms with van der Waals surface area (Å²) in [5, 5.41) is 19.9. The number of fused-ring (bicyclic) bond motifs is 1. The Hall–Kier alpha value is -4.42. The van der Waals surface area contributed by atoms with Crippen LogP contribution in [-0.4, -0.2) is 89.5 Å². The van der Waals surface area contributed by atoms with Gasteiger partial charge in [0.2, 0.25) is 5.91 Å². The molecule has 0 radical (unpaired) electrons. The number of ether oxygens (including phenoxy) is 2. The van der Waals surface area contributed by atoms with Crippen molar-refractivity contribution in [2.24, 2.45) is 5.92 Å². The minimum atomic E-state index is -0.532. The second-order valence-electron chi connectivity index (χ2n) is 12.7. The van der Waals surface area contributed by atoms with Crippen LogP contribution in [0.15, 0.2) is 53.1 Å². The van der Waals surface area contributed by atoms with Gasteiger partial charge in [-0.2, -0.15) is 0 Å². The van der Waals surface area contributed by atoms with Crippen LogP contribution in [0.25, 0.3) is 0 Å². The van der Waals surface area contributed by atoms with Gasteiger partial charge in [-0.1, -0.05) is 42.4 Å². The summed E-state index contributed by atoms with van der Waals surface area (Å²) < 4.78 is 17.8. The van der Waals surface area contributed by atoms with E-state index in [1.54, 1.807) is 55.8 Å². The summed E-state index contributed by atoms with van der Waals surface area (Å²) in [6, 6.07) is 13.7. The van der Waals surface area contributed by atoms with Gasteiger partial charge < -0.3 is 39.5 Å². The molecule has 0 unspecified atom stereocenters. The summed E-state index contributed by atoms with van der Waals surface area (Å²) in [4.78, 5) is 43.6. The van der Waals surface area contributed by atoms with Gasteiger partial charge in [0.25, 0.3) is 5.91 Å².